The Morgan fingerprint density at radius 3 is 2.69 bits per heavy atom. The maximum atomic E-state index is 14.7. The Hall–Kier alpha value is -4.02. The molecule has 0 bridgehead atoms. The van der Waals surface area contributed by atoms with E-state index in [2.05, 4.69) is 15.4 Å². The van der Waals surface area contributed by atoms with Gasteiger partial charge in [-0.1, -0.05) is 6.07 Å². The third-order valence-electron chi connectivity index (χ3n) is 5.58. The molecule has 182 valence electrons. The van der Waals surface area contributed by atoms with Crippen molar-refractivity contribution in [2.75, 3.05) is 5.32 Å². The Bertz CT molecular complexity index is 1470. The molecule has 4 rings (SSSR count). The second-order valence-corrected chi connectivity index (χ2v) is 8.12. The summed E-state index contributed by atoms with van der Waals surface area (Å²) in [6, 6.07) is 9.20. The molecule has 0 unspecified atom stereocenters. The zero-order valence-electron chi connectivity index (χ0n) is 18.6. The average molecular weight is 487 g/mol. The molecule has 0 amide bonds. The highest BCUT2D eigenvalue weighted by molar-refractivity contribution is 5.86. The number of aromatic nitrogens is 4. The van der Waals surface area contributed by atoms with Crippen LogP contribution in [0.4, 0.5) is 23.2 Å². The van der Waals surface area contributed by atoms with Crippen LogP contribution in [0.2, 0.25) is 0 Å². The second-order valence-electron chi connectivity index (χ2n) is 8.12. The van der Waals surface area contributed by atoms with E-state index >= 15 is 0 Å². The molecule has 35 heavy (non-hydrogen) atoms. The highest BCUT2D eigenvalue weighted by Gasteiger charge is 2.37. The number of hydrogen-bond acceptors (Lipinski definition) is 5. The van der Waals surface area contributed by atoms with E-state index in [1.807, 2.05) is 0 Å². The molecule has 0 aliphatic carbocycles. The number of anilines is 1. The van der Waals surface area contributed by atoms with Crippen LogP contribution in [-0.4, -0.2) is 25.8 Å². The number of benzene rings is 1. The maximum Gasteiger partial charge on any atom is 0.423 e. The molecular formula is C24H21F4N5O2. The first-order chi connectivity index (χ1) is 16.6. The molecule has 11 heteroatoms. The fraction of sp³-hybridized carbons (Fsp3) is 0.250. The number of hydrogen-bond donors (Lipinski definition) is 2. The van der Waals surface area contributed by atoms with Gasteiger partial charge in [0.1, 0.15) is 11.4 Å². The van der Waals surface area contributed by atoms with E-state index in [1.54, 1.807) is 54.7 Å². The largest absolute Gasteiger partial charge is 0.423 e. The van der Waals surface area contributed by atoms with Crippen LogP contribution in [0.3, 0.4) is 0 Å². The lowest BCUT2D eigenvalue weighted by atomic mass is 10.0. The summed E-state index contributed by atoms with van der Waals surface area (Å²) in [6.45, 7) is 1.95. The van der Waals surface area contributed by atoms with Gasteiger partial charge in [0.15, 0.2) is 0 Å². The summed E-state index contributed by atoms with van der Waals surface area (Å²) in [4.78, 5) is 28.6. The van der Waals surface area contributed by atoms with Crippen molar-refractivity contribution in [3.63, 3.8) is 0 Å². The van der Waals surface area contributed by atoms with E-state index in [-0.39, 0.29) is 17.5 Å². The number of rotatable bonds is 7. The summed E-state index contributed by atoms with van der Waals surface area (Å²) in [6.07, 6.45) is 0.104. The fourth-order valence-electron chi connectivity index (χ4n) is 3.89. The minimum atomic E-state index is -4.83. The van der Waals surface area contributed by atoms with Crippen molar-refractivity contribution in [3.8, 4) is 11.3 Å². The summed E-state index contributed by atoms with van der Waals surface area (Å²) >= 11 is 0. The first-order valence-electron chi connectivity index (χ1n) is 10.8. The van der Waals surface area contributed by atoms with Gasteiger partial charge in [-0.2, -0.15) is 18.3 Å². The standard InChI is InChI=1S/C24H21F4N5O2/c1-14(31-20-13-30-32-22(34)21(20)24(26,27)28)5-4-9-33-10-7-15-11-17(19-6-2-3-8-29-19)18(25)12-16(15)23(33)35/h2-3,6-8,10-14H,4-5,9H2,1H3,(H2,31,32,34)/t14-/m0/s1. The van der Waals surface area contributed by atoms with Crippen molar-refractivity contribution in [2.45, 2.75) is 38.5 Å². The molecular weight excluding hydrogens is 466 g/mol. The van der Waals surface area contributed by atoms with E-state index in [4.69, 9.17) is 0 Å². The Labute approximate surface area is 196 Å². The van der Waals surface area contributed by atoms with E-state index in [1.165, 1.54) is 10.6 Å². The van der Waals surface area contributed by atoms with Crippen LogP contribution in [-0.2, 0) is 12.7 Å². The van der Waals surface area contributed by atoms with Crippen molar-refractivity contribution in [1.29, 1.82) is 0 Å². The molecule has 1 aromatic carbocycles. The van der Waals surface area contributed by atoms with Gasteiger partial charge < -0.3 is 9.88 Å². The Morgan fingerprint density at radius 2 is 1.97 bits per heavy atom. The predicted molar refractivity (Wildman–Crippen MR) is 124 cm³/mol. The van der Waals surface area contributed by atoms with Gasteiger partial charge in [0, 0.05) is 30.5 Å². The average Bonchev–Trinajstić information content (AvgIpc) is 2.80. The topological polar surface area (TPSA) is 92.7 Å². The van der Waals surface area contributed by atoms with E-state index in [0.29, 0.717) is 29.5 Å². The first kappa shape index (κ1) is 24.1. The summed E-state index contributed by atoms with van der Waals surface area (Å²) < 4.78 is 55.8. The van der Waals surface area contributed by atoms with Gasteiger partial charge in [0.2, 0.25) is 0 Å². The van der Waals surface area contributed by atoms with E-state index in [9.17, 15) is 27.2 Å². The van der Waals surface area contributed by atoms with Gasteiger partial charge in [0.05, 0.1) is 23.0 Å². The third-order valence-corrected chi connectivity index (χ3v) is 5.58. The number of alkyl halides is 3. The van der Waals surface area contributed by atoms with Crippen molar-refractivity contribution < 1.29 is 17.6 Å². The first-order valence-corrected chi connectivity index (χ1v) is 10.8. The number of nitrogens with zero attached hydrogens (tertiary/aromatic N) is 3. The molecule has 7 nitrogen and oxygen atoms in total. The van der Waals surface area contributed by atoms with Crippen molar-refractivity contribution in [1.82, 2.24) is 19.7 Å². The minimum Gasteiger partial charge on any atom is -0.381 e. The van der Waals surface area contributed by atoms with E-state index < -0.39 is 34.8 Å². The lowest BCUT2D eigenvalue weighted by Crippen LogP contribution is -2.27. The van der Waals surface area contributed by atoms with Gasteiger partial charge in [0.25, 0.3) is 11.1 Å². The SMILES string of the molecule is C[C@@H](CCCn1ccc2cc(-c3ccccn3)c(F)cc2c1=O)Nc1cn[nH]c(=O)c1C(F)(F)F. The lowest BCUT2D eigenvalue weighted by molar-refractivity contribution is -0.138. The molecule has 3 aromatic heterocycles. The zero-order valence-corrected chi connectivity index (χ0v) is 18.6. The molecule has 4 aromatic rings. The molecule has 3 heterocycles. The smallest absolute Gasteiger partial charge is 0.381 e. The summed E-state index contributed by atoms with van der Waals surface area (Å²) in [5, 5.41) is 8.69. The van der Waals surface area contributed by atoms with E-state index in [0.717, 1.165) is 6.20 Å². The molecule has 0 fully saturated rings. The number of halogens is 4. The van der Waals surface area contributed by atoms with Gasteiger partial charge >= 0.3 is 6.18 Å². The highest BCUT2D eigenvalue weighted by atomic mass is 19.4. The van der Waals surface area contributed by atoms with Crippen LogP contribution in [0.1, 0.15) is 25.3 Å². The summed E-state index contributed by atoms with van der Waals surface area (Å²) in [5.41, 5.74) is -2.68. The lowest BCUT2D eigenvalue weighted by Gasteiger charge is -2.18. The second kappa shape index (κ2) is 9.69. The normalized spacial score (nSPS) is 12.6. The van der Waals surface area contributed by atoms with Crippen LogP contribution in [0.15, 0.2) is 64.6 Å². The number of nitrogens with one attached hydrogen (secondary N) is 2. The number of H-pyrrole nitrogens is 1. The fourth-order valence-corrected chi connectivity index (χ4v) is 3.89. The monoisotopic (exact) mass is 487 g/mol. The van der Waals surface area contributed by atoms with Crippen LogP contribution in [0.25, 0.3) is 22.0 Å². The summed E-state index contributed by atoms with van der Waals surface area (Å²) in [7, 11) is 0. The maximum absolute atomic E-state index is 14.7. The number of fused-ring (bicyclic) bond motifs is 1. The van der Waals surface area contributed by atoms with Gasteiger partial charge in [-0.3, -0.25) is 14.6 Å². The Kier molecular flexibility index (Phi) is 6.68. The van der Waals surface area contributed by atoms with Gasteiger partial charge in [-0.05, 0) is 55.5 Å². The minimum absolute atomic E-state index is 0.222. The van der Waals surface area contributed by atoms with Crippen molar-refractivity contribution in [3.05, 3.63) is 87.1 Å². The summed E-state index contributed by atoms with van der Waals surface area (Å²) in [5.74, 6) is -0.559. The van der Waals surface area contributed by atoms with Crippen LogP contribution >= 0.6 is 0 Å². The molecule has 0 saturated carbocycles. The molecule has 0 spiro atoms. The molecule has 0 radical (unpaired) electrons. The quantitative estimate of drug-likeness (QED) is 0.372. The van der Waals surface area contributed by atoms with Gasteiger partial charge in [-0.25, -0.2) is 9.49 Å². The van der Waals surface area contributed by atoms with Crippen molar-refractivity contribution >= 4 is 16.5 Å². The molecule has 0 saturated heterocycles. The zero-order chi connectivity index (χ0) is 25.2. The highest BCUT2D eigenvalue weighted by Crippen LogP contribution is 2.32. The number of aryl methyl sites for hydroxylation is 1. The Balaban J connectivity index is 1.47. The van der Waals surface area contributed by atoms with Crippen LogP contribution < -0.4 is 16.4 Å². The molecule has 0 aliphatic rings. The molecule has 0 aliphatic heterocycles. The van der Waals surface area contributed by atoms with Crippen LogP contribution in [0, 0.1) is 5.82 Å². The number of aromatic amines is 1. The molecule has 2 N–H and O–H groups in total. The third kappa shape index (κ3) is 5.23. The van der Waals surface area contributed by atoms with Gasteiger partial charge in [-0.15, -0.1) is 0 Å². The van der Waals surface area contributed by atoms with Crippen molar-refractivity contribution in [2.24, 2.45) is 0 Å². The van der Waals surface area contributed by atoms with Crippen LogP contribution in [0.5, 0.6) is 0 Å². The Morgan fingerprint density at radius 1 is 1.17 bits per heavy atom. The predicted octanol–water partition coefficient (Wildman–Crippen LogP) is 4.59. The molecule has 1 atom stereocenters. The number of pyridine rings is 2.